The molecule has 0 saturated heterocycles. The van der Waals surface area contributed by atoms with Gasteiger partial charge >= 0.3 is 0 Å². The van der Waals surface area contributed by atoms with E-state index in [1.807, 2.05) is 0 Å². The fourth-order valence-electron chi connectivity index (χ4n) is 1.32. The molecule has 0 aliphatic rings. The molecule has 7 nitrogen and oxygen atoms in total. The summed E-state index contributed by atoms with van der Waals surface area (Å²) in [5.41, 5.74) is -0.380. The van der Waals surface area contributed by atoms with E-state index in [1.54, 1.807) is 6.92 Å². The van der Waals surface area contributed by atoms with Crippen molar-refractivity contribution in [1.29, 1.82) is 0 Å². The Morgan fingerprint density at radius 2 is 1.94 bits per heavy atom. The van der Waals surface area contributed by atoms with Crippen LogP contribution in [0.4, 0.5) is 11.4 Å². The van der Waals surface area contributed by atoms with Crippen molar-refractivity contribution in [3.8, 4) is 0 Å². The number of aliphatic hydroxyl groups excluding tert-OH is 1. The van der Waals surface area contributed by atoms with Gasteiger partial charge < -0.3 is 5.11 Å². The Morgan fingerprint density at radius 3 is 2.38 bits per heavy atom. The largest absolute Gasteiger partial charge is 0.396 e. The molecule has 0 heterocycles. The number of hydrogen-bond acceptors (Lipinski definition) is 5. The number of benzene rings is 1. The number of aliphatic hydroxyl groups is 1. The Morgan fingerprint density at radius 1 is 1.31 bits per heavy atom. The summed E-state index contributed by atoms with van der Waals surface area (Å²) in [4.78, 5) is 19.8. The van der Waals surface area contributed by atoms with Crippen molar-refractivity contribution in [1.82, 2.24) is 0 Å². The monoisotopic (exact) mass is 226 g/mol. The first-order valence-electron chi connectivity index (χ1n) is 4.51. The second kappa shape index (κ2) is 4.67. The zero-order valence-electron chi connectivity index (χ0n) is 8.49. The van der Waals surface area contributed by atoms with Gasteiger partial charge in [-0.05, 0) is 6.07 Å². The number of nitrogens with zero attached hydrogens (tertiary/aromatic N) is 2. The molecule has 0 aliphatic carbocycles. The minimum Gasteiger partial charge on any atom is -0.396 e. The van der Waals surface area contributed by atoms with E-state index in [2.05, 4.69) is 0 Å². The Kier molecular flexibility index (Phi) is 3.51. The van der Waals surface area contributed by atoms with Gasteiger partial charge in [0.1, 0.15) is 0 Å². The fourth-order valence-corrected chi connectivity index (χ4v) is 1.32. The molecule has 16 heavy (non-hydrogen) atoms. The normalized spacial score (nSPS) is 12.1. The molecule has 1 N–H and O–H groups in total. The Bertz CT molecular complexity index is 432. The van der Waals surface area contributed by atoms with Crippen molar-refractivity contribution in [2.45, 2.75) is 12.8 Å². The van der Waals surface area contributed by atoms with Gasteiger partial charge in [-0.25, -0.2) is 0 Å². The first-order valence-corrected chi connectivity index (χ1v) is 4.51. The highest BCUT2D eigenvalue weighted by Gasteiger charge is 2.22. The van der Waals surface area contributed by atoms with E-state index < -0.39 is 15.8 Å². The number of nitro benzene ring substituents is 2. The van der Waals surface area contributed by atoms with Crippen LogP contribution in [0.15, 0.2) is 18.2 Å². The van der Waals surface area contributed by atoms with Crippen LogP contribution in [0.25, 0.3) is 0 Å². The molecule has 1 rings (SSSR count). The molecule has 86 valence electrons. The minimum atomic E-state index is -0.694. The molecule has 1 aromatic rings. The molecule has 1 unspecified atom stereocenters. The van der Waals surface area contributed by atoms with Crippen LogP contribution in [0, 0.1) is 20.2 Å². The van der Waals surface area contributed by atoms with E-state index in [0.29, 0.717) is 0 Å². The van der Waals surface area contributed by atoms with Gasteiger partial charge in [0.05, 0.1) is 15.9 Å². The number of rotatable bonds is 4. The maximum Gasteiger partial charge on any atom is 0.279 e. The van der Waals surface area contributed by atoms with Crippen LogP contribution in [0.5, 0.6) is 0 Å². The third-order valence-corrected chi connectivity index (χ3v) is 2.23. The quantitative estimate of drug-likeness (QED) is 0.619. The van der Waals surface area contributed by atoms with Gasteiger partial charge in [-0.2, -0.15) is 0 Å². The molecule has 0 bridgehead atoms. The molecule has 1 aromatic carbocycles. The third-order valence-electron chi connectivity index (χ3n) is 2.23. The standard InChI is InChI=1S/C9H10N2O5/c1-6(5-12)8-3-2-7(10(13)14)4-9(8)11(15)16/h2-4,6,12H,5H2,1H3. The van der Waals surface area contributed by atoms with Crippen molar-refractivity contribution in [2.24, 2.45) is 0 Å². The predicted molar refractivity (Wildman–Crippen MR) is 55.3 cm³/mol. The van der Waals surface area contributed by atoms with E-state index in [9.17, 15) is 20.2 Å². The second-order valence-corrected chi connectivity index (χ2v) is 3.34. The zero-order valence-corrected chi connectivity index (χ0v) is 8.49. The lowest BCUT2D eigenvalue weighted by Gasteiger charge is -2.08. The molecule has 0 fully saturated rings. The van der Waals surface area contributed by atoms with Crippen molar-refractivity contribution < 1.29 is 15.0 Å². The average Bonchev–Trinajstić information content (AvgIpc) is 2.26. The number of nitro groups is 2. The summed E-state index contributed by atoms with van der Waals surface area (Å²) in [6, 6.07) is 3.40. The molecule has 0 saturated carbocycles. The van der Waals surface area contributed by atoms with Gasteiger partial charge in [-0.1, -0.05) is 6.92 Å². The van der Waals surface area contributed by atoms with E-state index in [-0.39, 0.29) is 23.5 Å². The predicted octanol–water partition coefficient (Wildman–Crippen LogP) is 1.60. The summed E-state index contributed by atoms with van der Waals surface area (Å²) in [5.74, 6) is -0.429. The molecular formula is C9H10N2O5. The highest BCUT2D eigenvalue weighted by atomic mass is 16.6. The molecule has 0 amide bonds. The fraction of sp³-hybridized carbons (Fsp3) is 0.333. The van der Waals surface area contributed by atoms with Crippen LogP contribution in [0.1, 0.15) is 18.4 Å². The first-order chi connectivity index (χ1) is 7.47. The summed E-state index contributed by atoms with van der Waals surface area (Å²) in [6.45, 7) is 1.35. The van der Waals surface area contributed by atoms with Crippen LogP contribution in [-0.4, -0.2) is 21.6 Å². The lowest BCUT2D eigenvalue weighted by Crippen LogP contribution is -2.04. The third kappa shape index (κ3) is 2.31. The maximum absolute atomic E-state index is 10.7. The van der Waals surface area contributed by atoms with Crippen molar-refractivity contribution in [2.75, 3.05) is 6.61 Å². The van der Waals surface area contributed by atoms with Gasteiger partial charge in [0.15, 0.2) is 0 Å². The van der Waals surface area contributed by atoms with E-state index in [4.69, 9.17) is 5.11 Å². The summed E-state index contributed by atoms with van der Waals surface area (Å²) in [5, 5.41) is 30.1. The Balaban J connectivity index is 3.30. The molecule has 1 atom stereocenters. The molecule has 0 radical (unpaired) electrons. The number of non-ortho nitro benzene ring substituents is 1. The van der Waals surface area contributed by atoms with Crippen molar-refractivity contribution in [3.63, 3.8) is 0 Å². The van der Waals surface area contributed by atoms with E-state index in [0.717, 1.165) is 6.07 Å². The molecule has 7 heteroatoms. The van der Waals surface area contributed by atoms with Crippen LogP contribution < -0.4 is 0 Å². The second-order valence-electron chi connectivity index (χ2n) is 3.34. The van der Waals surface area contributed by atoms with Crippen LogP contribution in [0.3, 0.4) is 0 Å². The van der Waals surface area contributed by atoms with Crippen molar-refractivity contribution in [3.05, 3.63) is 44.0 Å². The summed E-state index contributed by atoms with van der Waals surface area (Å²) >= 11 is 0. The lowest BCUT2D eigenvalue weighted by molar-refractivity contribution is -0.394. The highest BCUT2D eigenvalue weighted by Crippen LogP contribution is 2.29. The van der Waals surface area contributed by atoms with Gasteiger partial charge in [0.25, 0.3) is 11.4 Å². The molecule has 0 spiro atoms. The first kappa shape index (κ1) is 12.1. The lowest BCUT2D eigenvalue weighted by atomic mass is 10.00. The van der Waals surface area contributed by atoms with E-state index in [1.165, 1.54) is 12.1 Å². The van der Waals surface area contributed by atoms with Gasteiger partial charge in [-0.15, -0.1) is 0 Å². The maximum atomic E-state index is 10.7. The topological polar surface area (TPSA) is 107 Å². The van der Waals surface area contributed by atoms with E-state index >= 15 is 0 Å². The van der Waals surface area contributed by atoms with Gasteiger partial charge in [-0.3, -0.25) is 20.2 Å². The summed E-state index contributed by atoms with van der Waals surface area (Å²) in [7, 11) is 0. The van der Waals surface area contributed by atoms with Gasteiger partial charge in [0, 0.05) is 24.2 Å². The van der Waals surface area contributed by atoms with Crippen LogP contribution in [0.2, 0.25) is 0 Å². The highest BCUT2D eigenvalue weighted by molar-refractivity contribution is 5.50. The van der Waals surface area contributed by atoms with Crippen LogP contribution in [-0.2, 0) is 0 Å². The van der Waals surface area contributed by atoms with Gasteiger partial charge in [0.2, 0.25) is 0 Å². The Hall–Kier alpha value is -2.02. The molecule has 0 aliphatic heterocycles. The Labute approximate surface area is 90.6 Å². The summed E-state index contributed by atoms with van der Waals surface area (Å²) < 4.78 is 0. The van der Waals surface area contributed by atoms with Crippen LogP contribution >= 0.6 is 0 Å². The smallest absolute Gasteiger partial charge is 0.279 e. The molecule has 0 aromatic heterocycles. The SMILES string of the molecule is CC(CO)c1ccc([N+](=O)[O-])cc1[N+](=O)[O-]. The van der Waals surface area contributed by atoms with Crippen molar-refractivity contribution >= 4 is 11.4 Å². The zero-order chi connectivity index (χ0) is 12.3. The minimum absolute atomic E-state index is 0.251. The molecular weight excluding hydrogens is 216 g/mol. The average molecular weight is 226 g/mol. The number of hydrogen-bond donors (Lipinski definition) is 1. The summed E-state index contributed by atoms with van der Waals surface area (Å²) in [6.07, 6.45) is 0.